The normalized spacial score (nSPS) is 11.2. The second-order valence-electron chi connectivity index (χ2n) is 4.73. The minimum Gasteiger partial charge on any atom is -0.497 e. The highest BCUT2D eigenvalue weighted by Gasteiger charge is 2.06. The Hall–Kier alpha value is -2.38. The van der Waals surface area contributed by atoms with Crippen LogP contribution in [0.5, 0.6) is 5.75 Å². The highest BCUT2D eigenvalue weighted by molar-refractivity contribution is 7.70. The third-order valence-corrected chi connectivity index (χ3v) is 3.80. The monoisotopic (exact) mass is 317 g/mol. The third kappa shape index (κ3) is 2.95. The molecule has 0 unspecified atom stereocenters. The van der Waals surface area contributed by atoms with Crippen molar-refractivity contribution in [3.63, 3.8) is 0 Å². The molecule has 0 aliphatic carbocycles. The number of imidazole rings is 1. The predicted molar refractivity (Wildman–Crippen MR) is 84.8 cm³/mol. The van der Waals surface area contributed by atoms with Gasteiger partial charge in [0.2, 0.25) is 10.9 Å². The predicted octanol–water partition coefficient (Wildman–Crippen LogP) is 1.65. The van der Waals surface area contributed by atoms with Gasteiger partial charge in [0.05, 0.1) is 18.1 Å². The number of benzene rings is 2. The smallest absolute Gasteiger partial charge is 0.201 e. The van der Waals surface area contributed by atoms with Gasteiger partial charge in [-0.05, 0) is 29.8 Å². The van der Waals surface area contributed by atoms with Crippen molar-refractivity contribution < 1.29 is 13.2 Å². The third-order valence-electron chi connectivity index (χ3n) is 3.38. The zero-order chi connectivity index (χ0) is 15.5. The Labute approximate surface area is 129 Å². The van der Waals surface area contributed by atoms with Crippen molar-refractivity contribution >= 4 is 21.9 Å². The van der Waals surface area contributed by atoms with E-state index in [-0.39, 0.29) is 0 Å². The summed E-state index contributed by atoms with van der Waals surface area (Å²) in [4.78, 5) is 4.38. The Kier molecular flexibility index (Phi) is 4.08. The van der Waals surface area contributed by atoms with Crippen LogP contribution in [-0.4, -0.2) is 25.1 Å². The van der Waals surface area contributed by atoms with E-state index >= 15 is 0 Å². The van der Waals surface area contributed by atoms with E-state index in [0.29, 0.717) is 6.54 Å². The molecule has 0 aliphatic rings. The molecule has 1 aromatic heterocycles. The molecular weight excluding hydrogens is 302 g/mol. The van der Waals surface area contributed by atoms with Crippen molar-refractivity contribution in [1.82, 2.24) is 14.3 Å². The van der Waals surface area contributed by atoms with E-state index in [4.69, 9.17) is 4.74 Å². The molecule has 114 valence electrons. The maximum Gasteiger partial charge on any atom is 0.201 e. The van der Waals surface area contributed by atoms with Crippen molar-refractivity contribution in [1.29, 1.82) is 0 Å². The van der Waals surface area contributed by atoms with Crippen LogP contribution in [0.1, 0.15) is 5.56 Å². The van der Waals surface area contributed by atoms with Crippen molar-refractivity contribution in [3.8, 4) is 11.4 Å². The van der Waals surface area contributed by atoms with E-state index in [1.54, 1.807) is 13.4 Å². The fourth-order valence-electron chi connectivity index (χ4n) is 2.26. The fraction of sp³-hybridized carbons (Fsp3) is 0.133. The number of methoxy groups -OCH3 is 1. The SMILES string of the molecule is COc1ccc2c(c1)ncn2-c1ccc(CN[SH](=O)=O)cc1. The molecule has 1 heterocycles. The van der Waals surface area contributed by atoms with Crippen molar-refractivity contribution in [3.05, 3.63) is 54.4 Å². The Morgan fingerprint density at radius 3 is 2.64 bits per heavy atom. The summed E-state index contributed by atoms with van der Waals surface area (Å²) >= 11 is 0. The molecule has 0 atom stereocenters. The molecule has 1 N–H and O–H groups in total. The lowest BCUT2D eigenvalue weighted by molar-refractivity contribution is 0.415. The number of rotatable bonds is 5. The van der Waals surface area contributed by atoms with Gasteiger partial charge in [0.1, 0.15) is 12.1 Å². The first kappa shape index (κ1) is 14.6. The van der Waals surface area contributed by atoms with Crippen molar-refractivity contribution in [2.45, 2.75) is 6.54 Å². The average Bonchev–Trinajstić information content (AvgIpc) is 2.96. The number of ether oxygens (including phenoxy) is 1. The van der Waals surface area contributed by atoms with E-state index in [9.17, 15) is 8.42 Å². The molecule has 0 fully saturated rings. The number of hydrogen-bond donors (Lipinski definition) is 2. The lowest BCUT2D eigenvalue weighted by Crippen LogP contribution is -2.10. The molecule has 6 nitrogen and oxygen atoms in total. The standard InChI is InChI=1S/C15H15N3O3S/c1-21-13-6-7-15-14(8-13)16-10-18(15)12-4-2-11(3-5-12)9-17-22(19)20/h2-8,10,22H,9H2,1H3,(H,17,19,20). The van der Waals surface area contributed by atoms with Gasteiger partial charge in [0, 0.05) is 18.3 Å². The van der Waals surface area contributed by atoms with Gasteiger partial charge in [-0.1, -0.05) is 12.1 Å². The molecule has 3 aromatic rings. The highest BCUT2D eigenvalue weighted by Crippen LogP contribution is 2.22. The highest BCUT2D eigenvalue weighted by atomic mass is 32.2. The number of aromatic nitrogens is 2. The van der Waals surface area contributed by atoms with E-state index in [0.717, 1.165) is 28.0 Å². The molecule has 7 heteroatoms. The van der Waals surface area contributed by atoms with Crippen molar-refractivity contribution in [2.24, 2.45) is 0 Å². The van der Waals surface area contributed by atoms with Crippen molar-refractivity contribution in [2.75, 3.05) is 7.11 Å². The van der Waals surface area contributed by atoms with Crippen LogP contribution in [0.15, 0.2) is 48.8 Å². The molecule has 0 spiro atoms. The minimum atomic E-state index is -2.57. The lowest BCUT2D eigenvalue weighted by atomic mass is 10.2. The van der Waals surface area contributed by atoms with E-state index in [1.807, 2.05) is 47.0 Å². The molecule has 0 saturated carbocycles. The van der Waals surface area contributed by atoms with Crippen LogP contribution in [-0.2, 0) is 17.4 Å². The van der Waals surface area contributed by atoms with Gasteiger partial charge < -0.3 is 4.74 Å². The van der Waals surface area contributed by atoms with Gasteiger partial charge in [0.15, 0.2) is 0 Å². The molecule has 0 amide bonds. The van der Waals surface area contributed by atoms with Crippen LogP contribution >= 0.6 is 0 Å². The molecule has 0 saturated heterocycles. The van der Waals surface area contributed by atoms with Gasteiger partial charge in [-0.15, -0.1) is 0 Å². The number of nitrogens with one attached hydrogen (secondary N) is 1. The number of nitrogens with zero attached hydrogens (tertiary/aromatic N) is 2. The van der Waals surface area contributed by atoms with Gasteiger partial charge >= 0.3 is 0 Å². The minimum absolute atomic E-state index is 0.293. The summed E-state index contributed by atoms with van der Waals surface area (Å²) < 4.78 is 30.6. The number of thiol groups is 1. The zero-order valence-electron chi connectivity index (χ0n) is 11.9. The molecular formula is C15H15N3O3S. The molecule has 22 heavy (non-hydrogen) atoms. The van der Waals surface area contributed by atoms with Crippen LogP contribution in [0.2, 0.25) is 0 Å². The summed E-state index contributed by atoms with van der Waals surface area (Å²) in [6, 6.07) is 13.4. The first-order valence-electron chi connectivity index (χ1n) is 6.65. The van der Waals surface area contributed by atoms with Crippen LogP contribution in [0, 0.1) is 0 Å². The van der Waals surface area contributed by atoms with E-state index in [1.165, 1.54) is 0 Å². The van der Waals surface area contributed by atoms with Crippen LogP contribution in [0.4, 0.5) is 0 Å². The van der Waals surface area contributed by atoms with E-state index < -0.39 is 10.9 Å². The zero-order valence-corrected chi connectivity index (χ0v) is 12.8. The molecule has 0 radical (unpaired) electrons. The topological polar surface area (TPSA) is 73.2 Å². The number of fused-ring (bicyclic) bond motifs is 1. The summed E-state index contributed by atoms with van der Waals surface area (Å²) in [5.41, 5.74) is 3.69. The second-order valence-corrected chi connectivity index (χ2v) is 5.56. The van der Waals surface area contributed by atoms with Crippen LogP contribution in [0.3, 0.4) is 0 Å². The first-order valence-corrected chi connectivity index (χ1v) is 7.83. The summed E-state index contributed by atoms with van der Waals surface area (Å²) in [5, 5.41) is 0. The lowest BCUT2D eigenvalue weighted by Gasteiger charge is -2.06. The average molecular weight is 317 g/mol. The Morgan fingerprint density at radius 1 is 1.18 bits per heavy atom. The maximum absolute atomic E-state index is 10.5. The van der Waals surface area contributed by atoms with Crippen LogP contribution in [0.25, 0.3) is 16.7 Å². The summed E-state index contributed by atoms with van der Waals surface area (Å²) in [5.74, 6) is 0.769. The van der Waals surface area contributed by atoms with E-state index in [2.05, 4.69) is 9.71 Å². The Morgan fingerprint density at radius 2 is 1.95 bits per heavy atom. The molecule has 2 aromatic carbocycles. The number of hydrogen-bond acceptors (Lipinski definition) is 4. The Balaban J connectivity index is 1.90. The van der Waals surface area contributed by atoms with Crippen LogP contribution < -0.4 is 9.46 Å². The summed E-state index contributed by atoms with van der Waals surface area (Å²) in [6.45, 7) is 0.293. The summed E-state index contributed by atoms with van der Waals surface area (Å²) in [7, 11) is -0.948. The molecule has 3 rings (SSSR count). The first-order chi connectivity index (χ1) is 10.7. The quantitative estimate of drug-likeness (QED) is 0.702. The molecule has 0 bridgehead atoms. The van der Waals surface area contributed by atoms with Gasteiger partial charge in [-0.3, -0.25) is 4.57 Å². The molecule has 0 aliphatic heterocycles. The summed E-state index contributed by atoms with van der Waals surface area (Å²) in [6.07, 6.45) is 1.76. The van der Waals surface area contributed by atoms with Gasteiger partial charge in [0.25, 0.3) is 0 Å². The largest absolute Gasteiger partial charge is 0.497 e. The fourth-order valence-corrected chi connectivity index (χ4v) is 2.57. The Bertz CT molecular complexity index is 861. The maximum atomic E-state index is 10.5. The van der Waals surface area contributed by atoms with Gasteiger partial charge in [-0.2, -0.15) is 0 Å². The van der Waals surface area contributed by atoms with Gasteiger partial charge in [-0.25, -0.2) is 18.1 Å². The second kappa shape index (κ2) is 6.17.